The summed E-state index contributed by atoms with van der Waals surface area (Å²) in [6, 6.07) is 28.1. The van der Waals surface area contributed by atoms with Gasteiger partial charge < -0.3 is 20.5 Å². The zero-order valence-corrected chi connectivity index (χ0v) is 24.6. The number of benzene rings is 3. The topological polar surface area (TPSA) is 105 Å². The lowest BCUT2D eigenvalue weighted by Gasteiger charge is -2.24. The Bertz CT molecular complexity index is 1300. The van der Waals surface area contributed by atoms with E-state index in [1.165, 1.54) is 0 Å². The molecule has 4 atom stereocenters. The molecule has 0 saturated carbocycles. The zero-order valence-electron chi connectivity index (χ0n) is 24.6. The highest BCUT2D eigenvalue weighted by atomic mass is 16.5. The van der Waals surface area contributed by atoms with E-state index in [-0.39, 0.29) is 43.8 Å². The van der Waals surface area contributed by atoms with Gasteiger partial charge in [0.1, 0.15) is 6.10 Å². The molecule has 0 bridgehead atoms. The maximum absolute atomic E-state index is 13.3. The average Bonchev–Trinajstić information content (AvgIpc) is 3.03. The Balaban J connectivity index is 1.64. The van der Waals surface area contributed by atoms with E-state index in [4.69, 9.17) is 4.74 Å². The standard InChI is InChI=1S/C36H42N2O5/c1-3-14-30(24-34(40)38-32(26-39)23-28-18-10-6-11-19-28)35(41)37-25-33(29-20-12-7-13-21-29)43-36(42)31(15-4-2)22-27-16-8-5-9-17-27/h3-13,16-21,30-33,39H,1-2,14-15,22-26H2,(H,37,41)(H,38,40)/t30-,31+,32-,33+/m0/s1. The molecule has 0 radical (unpaired) electrons. The molecule has 7 heteroatoms. The van der Waals surface area contributed by atoms with Crippen molar-refractivity contribution in [2.75, 3.05) is 13.2 Å². The Morgan fingerprint density at radius 1 is 0.767 bits per heavy atom. The summed E-state index contributed by atoms with van der Waals surface area (Å²) in [4.78, 5) is 39.5. The van der Waals surface area contributed by atoms with Crippen molar-refractivity contribution in [2.24, 2.45) is 11.8 Å². The van der Waals surface area contributed by atoms with E-state index in [9.17, 15) is 19.5 Å². The molecule has 0 saturated heterocycles. The van der Waals surface area contributed by atoms with E-state index >= 15 is 0 Å². The number of aliphatic hydroxyl groups excluding tert-OH is 1. The SMILES string of the molecule is C=CC[C@@H](CC(=O)N[C@H](CO)Cc1ccccc1)C(=O)NC[C@@H](OC(=O)[C@H](CC=C)Cc1ccccc1)c1ccccc1. The fourth-order valence-corrected chi connectivity index (χ4v) is 4.89. The summed E-state index contributed by atoms with van der Waals surface area (Å²) in [5.41, 5.74) is 2.76. The van der Waals surface area contributed by atoms with Crippen molar-refractivity contribution in [3.8, 4) is 0 Å². The Hall–Kier alpha value is -4.49. The molecule has 0 aliphatic rings. The molecule has 3 aromatic carbocycles. The Kier molecular flexibility index (Phi) is 13.9. The number of aliphatic hydroxyl groups is 1. The lowest BCUT2D eigenvalue weighted by molar-refractivity contribution is -0.154. The van der Waals surface area contributed by atoms with Crippen LogP contribution in [0.5, 0.6) is 0 Å². The van der Waals surface area contributed by atoms with E-state index in [1.54, 1.807) is 12.2 Å². The minimum absolute atomic E-state index is 0.0449. The molecule has 0 aliphatic carbocycles. The molecule has 2 amide bonds. The van der Waals surface area contributed by atoms with E-state index < -0.39 is 24.0 Å². The fourth-order valence-electron chi connectivity index (χ4n) is 4.89. The van der Waals surface area contributed by atoms with Crippen LogP contribution in [0.25, 0.3) is 0 Å². The number of hydrogen-bond donors (Lipinski definition) is 3. The Morgan fingerprint density at radius 3 is 1.86 bits per heavy atom. The van der Waals surface area contributed by atoms with Crippen LogP contribution in [0, 0.1) is 11.8 Å². The normalized spacial score (nSPS) is 13.5. The summed E-state index contributed by atoms with van der Waals surface area (Å²) in [5, 5.41) is 15.5. The highest BCUT2D eigenvalue weighted by Crippen LogP contribution is 2.22. The van der Waals surface area contributed by atoms with Crippen molar-refractivity contribution in [3.05, 3.63) is 133 Å². The first kappa shape index (κ1) is 33.0. The van der Waals surface area contributed by atoms with E-state index in [1.807, 2.05) is 91.0 Å². The quantitative estimate of drug-likeness (QED) is 0.143. The van der Waals surface area contributed by atoms with Gasteiger partial charge in [-0.1, -0.05) is 103 Å². The van der Waals surface area contributed by atoms with E-state index in [0.717, 1.165) is 16.7 Å². The van der Waals surface area contributed by atoms with Crippen LogP contribution in [-0.4, -0.2) is 42.1 Å². The predicted molar refractivity (Wildman–Crippen MR) is 169 cm³/mol. The second kappa shape index (κ2) is 18.1. The number of nitrogens with one attached hydrogen (secondary N) is 2. The van der Waals surface area contributed by atoms with Crippen molar-refractivity contribution < 1.29 is 24.2 Å². The average molecular weight is 583 g/mol. The number of esters is 1. The number of rotatable bonds is 18. The van der Waals surface area contributed by atoms with Crippen molar-refractivity contribution in [1.82, 2.24) is 10.6 Å². The Morgan fingerprint density at radius 2 is 1.30 bits per heavy atom. The molecule has 0 aliphatic heterocycles. The molecule has 3 N–H and O–H groups in total. The molecule has 43 heavy (non-hydrogen) atoms. The summed E-state index contributed by atoms with van der Waals surface area (Å²) in [5.74, 6) is -2.15. The van der Waals surface area contributed by atoms with Crippen LogP contribution in [0.15, 0.2) is 116 Å². The number of hydrogen-bond acceptors (Lipinski definition) is 5. The smallest absolute Gasteiger partial charge is 0.310 e. The van der Waals surface area contributed by atoms with Crippen LogP contribution >= 0.6 is 0 Å². The van der Waals surface area contributed by atoms with Crippen LogP contribution in [0.4, 0.5) is 0 Å². The molecular formula is C36H42N2O5. The van der Waals surface area contributed by atoms with Crippen LogP contribution < -0.4 is 10.6 Å². The number of allylic oxidation sites excluding steroid dienone is 2. The van der Waals surface area contributed by atoms with Gasteiger partial charge in [0.15, 0.2) is 0 Å². The van der Waals surface area contributed by atoms with Gasteiger partial charge in [-0.3, -0.25) is 14.4 Å². The summed E-state index contributed by atoms with van der Waals surface area (Å²) in [6.07, 6.45) is 4.25. The number of carbonyl (C=O) groups is 3. The maximum atomic E-state index is 13.3. The van der Waals surface area contributed by atoms with E-state index in [0.29, 0.717) is 19.3 Å². The van der Waals surface area contributed by atoms with Gasteiger partial charge in [-0.15, -0.1) is 13.2 Å². The number of ether oxygens (including phenoxy) is 1. The number of carbonyl (C=O) groups excluding carboxylic acids is 3. The predicted octanol–water partition coefficient (Wildman–Crippen LogP) is 5.12. The monoisotopic (exact) mass is 582 g/mol. The highest BCUT2D eigenvalue weighted by Gasteiger charge is 2.27. The summed E-state index contributed by atoms with van der Waals surface area (Å²) in [6.45, 7) is 7.38. The van der Waals surface area contributed by atoms with Crippen molar-refractivity contribution in [2.45, 2.75) is 44.2 Å². The third-order valence-corrected chi connectivity index (χ3v) is 7.17. The largest absolute Gasteiger partial charge is 0.455 e. The minimum atomic E-state index is -0.719. The molecule has 0 fully saturated rings. The third kappa shape index (κ3) is 11.4. The summed E-state index contributed by atoms with van der Waals surface area (Å²) < 4.78 is 5.99. The molecule has 7 nitrogen and oxygen atoms in total. The molecule has 226 valence electrons. The zero-order chi connectivity index (χ0) is 30.9. The fraction of sp³-hybridized carbons (Fsp3) is 0.306. The molecule has 0 aromatic heterocycles. The van der Waals surface area contributed by atoms with Gasteiger partial charge >= 0.3 is 5.97 Å². The van der Waals surface area contributed by atoms with Crippen LogP contribution in [0.1, 0.15) is 42.1 Å². The lowest BCUT2D eigenvalue weighted by Crippen LogP contribution is -2.42. The van der Waals surface area contributed by atoms with Crippen LogP contribution in [0.2, 0.25) is 0 Å². The first-order valence-corrected chi connectivity index (χ1v) is 14.7. The Labute approximate surface area is 254 Å². The second-order valence-corrected chi connectivity index (χ2v) is 10.6. The molecule has 0 unspecified atom stereocenters. The molecule has 0 spiro atoms. The molecule has 3 aromatic rings. The molecular weight excluding hydrogens is 540 g/mol. The first-order chi connectivity index (χ1) is 20.9. The van der Waals surface area contributed by atoms with E-state index in [2.05, 4.69) is 23.8 Å². The minimum Gasteiger partial charge on any atom is -0.455 e. The molecule has 3 rings (SSSR count). The van der Waals surface area contributed by atoms with Crippen molar-refractivity contribution >= 4 is 17.8 Å². The van der Waals surface area contributed by atoms with Crippen LogP contribution in [-0.2, 0) is 32.0 Å². The molecule has 0 heterocycles. The summed E-state index contributed by atoms with van der Waals surface area (Å²) in [7, 11) is 0. The third-order valence-electron chi connectivity index (χ3n) is 7.17. The van der Waals surface area contributed by atoms with Crippen molar-refractivity contribution in [1.29, 1.82) is 0 Å². The van der Waals surface area contributed by atoms with Gasteiger partial charge in [0.2, 0.25) is 11.8 Å². The van der Waals surface area contributed by atoms with Gasteiger partial charge in [-0.05, 0) is 42.4 Å². The van der Waals surface area contributed by atoms with Gasteiger partial charge in [0.25, 0.3) is 0 Å². The lowest BCUT2D eigenvalue weighted by atomic mass is 9.96. The van der Waals surface area contributed by atoms with Gasteiger partial charge in [-0.25, -0.2) is 0 Å². The highest BCUT2D eigenvalue weighted by molar-refractivity contribution is 5.86. The van der Waals surface area contributed by atoms with Crippen molar-refractivity contribution in [3.63, 3.8) is 0 Å². The number of amides is 2. The van der Waals surface area contributed by atoms with Crippen LogP contribution in [0.3, 0.4) is 0 Å². The van der Waals surface area contributed by atoms with Gasteiger partial charge in [0.05, 0.1) is 31.0 Å². The summed E-state index contributed by atoms with van der Waals surface area (Å²) >= 11 is 0. The van der Waals surface area contributed by atoms with Gasteiger partial charge in [-0.2, -0.15) is 0 Å². The van der Waals surface area contributed by atoms with Gasteiger partial charge in [0, 0.05) is 6.42 Å². The first-order valence-electron chi connectivity index (χ1n) is 14.7. The second-order valence-electron chi connectivity index (χ2n) is 10.6. The maximum Gasteiger partial charge on any atom is 0.310 e.